The minimum Gasteiger partial charge on any atom is -0.491 e. The summed E-state index contributed by atoms with van der Waals surface area (Å²) in [7, 11) is 0. The molecule has 5 heteroatoms. The average molecular weight is 485 g/mol. The summed E-state index contributed by atoms with van der Waals surface area (Å²) in [5, 5.41) is 0. The summed E-state index contributed by atoms with van der Waals surface area (Å²) in [5.74, 6) is -2.55. The summed E-state index contributed by atoms with van der Waals surface area (Å²) in [6.07, 6.45) is 6.86. The van der Waals surface area contributed by atoms with E-state index in [1.165, 1.54) is 30.7 Å². The highest BCUT2D eigenvalue weighted by molar-refractivity contribution is 5.64. The number of rotatable bonds is 12. The molecule has 0 fully saturated rings. The third kappa shape index (κ3) is 7.71. The molecule has 0 bridgehead atoms. The standard InChI is InChI=1S/C30H32F4O/c1-3-35-28-19-18-25(29(33)30(28)34)16-14-24-15-17-26(20-27(24)32)23-12-10-22(11-13-23)9-7-5-4-6-8-21(2)31/h8,10-13,15,17-20H,3-7,9,14,16H2,1-2H3. The van der Waals surface area contributed by atoms with Gasteiger partial charge in [0.05, 0.1) is 12.4 Å². The molecule has 0 atom stereocenters. The van der Waals surface area contributed by atoms with E-state index < -0.39 is 11.6 Å². The lowest BCUT2D eigenvalue weighted by Crippen LogP contribution is -2.02. The number of benzene rings is 3. The van der Waals surface area contributed by atoms with Gasteiger partial charge in [-0.2, -0.15) is 4.39 Å². The van der Waals surface area contributed by atoms with Gasteiger partial charge in [-0.1, -0.05) is 55.0 Å². The zero-order valence-corrected chi connectivity index (χ0v) is 20.4. The highest BCUT2D eigenvalue weighted by Gasteiger charge is 2.15. The summed E-state index contributed by atoms with van der Waals surface area (Å²) < 4.78 is 60.9. The second-order valence-corrected chi connectivity index (χ2v) is 8.68. The fourth-order valence-electron chi connectivity index (χ4n) is 4.05. The summed E-state index contributed by atoms with van der Waals surface area (Å²) in [6, 6.07) is 16.0. The quantitative estimate of drug-likeness (QED) is 0.184. The van der Waals surface area contributed by atoms with E-state index in [9.17, 15) is 17.6 Å². The number of unbranched alkanes of at least 4 members (excludes halogenated alkanes) is 3. The van der Waals surface area contributed by atoms with Crippen molar-refractivity contribution in [3.05, 3.63) is 101 Å². The first-order chi connectivity index (χ1) is 16.9. The van der Waals surface area contributed by atoms with E-state index in [0.29, 0.717) is 5.56 Å². The molecule has 186 valence electrons. The molecule has 1 nitrogen and oxygen atoms in total. The van der Waals surface area contributed by atoms with Crippen LogP contribution in [0.2, 0.25) is 0 Å². The van der Waals surface area contributed by atoms with Crippen molar-refractivity contribution in [1.29, 1.82) is 0 Å². The molecule has 0 radical (unpaired) electrons. The molecule has 3 aromatic rings. The Morgan fingerprint density at radius 2 is 1.46 bits per heavy atom. The molecule has 0 unspecified atom stereocenters. The molecule has 0 aromatic heterocycles. The molecule has 0 saturated heterocycles. The monoisotopic (exact) mass is 484 g/mol. The lowest BCUT2D eigenvalue weighted by molar-refractivity contribution is 0.313. The van der Waals surface area contributed by atoms with Crippen LogP contribution in [0.1, 0.15) is 56.2 Å². The van der Waals surface area contributed by atoms with Crippen molar-refractivity contribution in [1.82, 2.24) is 0 Å². The van der Waals surface area contributed by atoms with Crippen LogP contribution in [0.5, 0.6) is 5.75 Å². The molecule has 0 amide bonds. The number of allylic oxidation sites excluding steroid dienone is 2. The number of hydrogen-bond donors (Lipinski definition) is 0. The molecule has 0 aliphatic rings. The van der Waals surface area contributed by atoms with Gasteiger partial charge in [0.15, 0.2) is 11.6 Å². The molecular weight excluding hydrogens is 452 g/mol. The van der Waals surface area contributed by atoms with Gasteiger partial charge in [0.25, 0.3) is 0 Å². The number of hydrogen-bond acceptors (Lipinski definition) is 1. The zero-order chi connectivity index (χ0) is 25.2. The number of ether oxygens (including phenoxy) is 1. The Bertz CT molecular complexity index is 1130. The molecule has 35 heavy (non-hydrogen) atoms. The lowest BCUT2D eigenvalue weighted by atomic mass is 9.98. The molecule has 0 N–H and O–H groups in total. The minimum atomic E-state index is -1.01. The Morgan fingerprint density at radius 3 is 2.14 bits per heavy atom. The van der Waals surface area contributed by atoms with E-state index in [1.807, 2.05) is 18.2 Å². The summed E-state index contributed by atoms with van der Waals surface area (Å²) in [4.78, 5) is 0. The topological polar surface area (TPSA) is 9.23 Å². The molecule has 0 saturated carbocycles. The van der Waals surface area contributed by atoms with Crippen LogP contribution >= 0.6 is 0 Å². The smallest absolute Gasteiger partial charge is 0.200 e. The van der Waals surface area contributed by atoms with Crippen molar-refractivity contribution in [2.24, 2.45) is 0 Å². The fourth-order valence-corrected chi connectivity index (χ4v) is 4.05. The molecule has 0 aliphatic heterocycles. The van der Waals surface area contributed by atoms with Crippen LogP contribution in [0.4, 0.5) is 17.6 Å². The Morgan fingerprint density at radius 1 is 0.771 bits per heavy atom. The van der Waals surface area contributed by atoms with Crippen molar-refractivity contribution < 1.29 is 22.3 Å². The number of aryl methyl sites for hydroxylation is 3. The minimum absolute atomic E-state index is 0.114. The molecule has 0 aliphatic carbocycles. The third-order valence-corrected chi connectivity index (χ3v) is 6.03. The van der Waals surface area contributed by atoms with E-state index >= 15 is 0 Å². The van der Waals surface area contributed by atoms with Gasteiger partial charge in [0.1, 0.15) is 5.82 Å². The van der Waals surface area contributed by atoms with Crippen LogP contribution in [0.3, 0.4) is 0 Å². The van der Waals surface area contributed by atoms with Gasteiger partial charge >= 0.3 is 0 Å². The lowest BCUT2D eigenvalue weighted by Gasteiger charge is -2.10. The molecule has 3 rings (SSSR count). The third-order valence-electron chi connectivity index (χ3n) is 6.03. The Kier molecular flexibility index (Phi) is 9.95. The molecule has 3 aromatic carbocycles. The van der Waals surface area contributed by atoms with Gasteiger partial charge in [-0.15, -0.1) is 0 Å². The number of halogens is 4. The largest absolute Gasteiger partial charge is 0.491 e. The van der Waals surface area contributed by atoms with Crippen LogP contribution in [0.15, 0.2) is 66.5 Å². The first kappa shape index (κ1) is 26.5. The first-order valence-electron chi connectivity index (χ1n) is 12.2. The maximum Gasteiger partial charge on any atom is 0.200 e. The average Bonchev–Trinajstić information content (AvgIpc) is 2.84. The van der Waals surface area contributed by atoms with Gasteiger partial charge in [-0.05, 0) is 92.3 Å². The van der Waals surface area contributed by atoms with Gasteiger partial charge in [-0.3, -0.25) is 0 Å². The van der Waals surface area contributed by atoms with Crippen LogP contribution in [0.25, 0.3) is 11.1 Å². The fraction of sp³-hybridized carbons (Fsp3) is 0.333. The zero-order valence-electron chi connectivity index (χ0n) is 20.4. The van der Waals surface area contributed by atoms with E-state index in [-0.39, 0.29) is 42.4 Å². The van der Waals surface area contributed by atoms with E-state index in [0.717, 1.165) is 43.2 Å². The van der Waals surface area contributed by atoms with Crippen LogP contribution in [0, 0.1) is 17.5 Å². The SMILES string of the molecule is CCOc1ccc(CCc2ccc(-c3ccc(CCCCCC=C(C)F)cc3)cc2F)c(F)c1F. The predicted octanol–water partition coefficient (Wildman–Crippen LogP) is 8.93. The van der Waals surface area contributed by atoms with E-state index in [2.05, 4.69) is 12.1 Å². The Labute approximate surface area is 205 Å². The van der Waals surface area contributed by atoms with Crippen molar-refractivity contribution in [3.8, 4) is 16.9 Å². The van der Waals surface area contributed by atoms with Crippen LogP contribution in [-0.4, -0.2) is 6.61 Å². The maximum absolute atomic E-state index is 14.8. The maximum atomic E-state index is 14.8. The molecular formula is C30H32F4O. The van der Waals surface area contributed by atoms with Crippen molar-refractivity contribution >= 4 is 0 Å². The Balaban J connectivity index is 1.56. The molecule has 0 heterocycles. The first-order valence-corrected chi connectivity index (χ1v) is 12.2. The van der Waals surface area contributed by atoms with Gasteiger partial charge < -0.3 is 4.74 Å². The Hall–Kier alpha value is -3.08. The van der Waals surface area contributed by atoms with Crippen molar-refractivity contribution in [2.45, 2.75) is 58.8 Å². The van der Waals surface area contributed by atoms with E-state index in [4.69, 9.17) is 4.74 Å². The second kappa shape index (κ2) is 13.1. The van der Waals surface area contributed by atoms with E-state index in [1.54, 1.807) is 19.1 Å². The highest BCUT2D eigenvalue weighted by atomic mass is 19.2. The van der Waals surface area contributed by atoms with Gasteiger partial charge in [0.2, 0.25) is 5.82 Å². The van der Waals surface area contributed by atoms with Gasteiger partial charge in [-0.25, -0.2) is 13.2 Å². The van der Waals surface area contributed by atoms with Crippen LogP contribution in [-0.2, 0) is 19.3 Å². The van der Waals surface area contributed by atoms with Crippen LogP contribution < -0.4 is 4.74 Å². The van der Waals surface area contributed by atoms with Crippen molar-refractivity contribution in [3.63, 3.8) is 0 Å². The highest BCUT2D eigenvalue weighted by Crippen LogP contribution is 2.26. The second-order valence-electron chi connectivity index (χ2n) is 8.68. The van der Waals surface area contributed by atoms with Crippen molar-refractivity contribution in [2.75, 3.05) is 6.61 Å². The molecule has 0 spiro atoms. The summed E-state index contributed by atoms with van der Waals surface area (Å²) >= 11 is 0. The summed E-state index contributed by atoms with van der Waals surface area (Å²) in [6.45, 7) is 3.41. The predicted molar refractivity (Wildman–Crippen MR) is 134 cm³/mol. The summed E-state index contributed by atoms with van der Waals surface area (Å²) in [5.41, 5.74) is 3.55. The normalized spacial score (nSPS) is 11.7. The van der Waals surface area contributed by atoms with Gasteiger partial charge in [0, 0.05) is 0 Å².